The Balaban J connectivity index is 1.71. The van der Waals surface area contributed by atoms with Crippen LogP contribution in [0.3, 0.4) is 0 Å². The number of benzene rings is 2. The smallest absolute Gasteiger partial charge is 0.337 e. The topological polar surface area (TPSA) is 92.9 Å². The molecule has 3 rings (SSSR count). The quantitative estimate of drug-likeness (QED) is 0.586. The van der Waals surface area contributed by atoms with E-state index in [0.717, 1.165) is 5.56 Å². The predicted molar refractivity (Wildman–Crippen MR) is 95.0 cm³/mol. The lowest BCUT2D eigenvalue weighted by molar-refractivity contribution is 0.0600. The summed E-state index contributed by atoms with van der Waals surface area (Å²) in [6.07, 6.45) is 0. The monoisotopic (exact) mass is 370 g/mol. The molecule has 0 unspecified atom stereocenters. The van der Waals surface area contributed by atoms with Gasteiger partial charge < -0.3 is 23.5 Å². The number of carbonyl (C=O) groups is 1. The minimum absolute atomic E-state index is 0.0604. The summed E-state index contributed by atoms with van der Waals surface area (Å²) in [5.74, 6) is 1.93. The van der Waals surface area contributed by atoms with Crippen LogP contribution in [0.4, 0.5) is 0 Å². The molecule has 0 spiro atoms. The van der Waals surface area contributed by atoms with Gasteiger partial charge in [-0.25, -0.2) is 4.79 Å². The van der Waals surface area contributed by atoms with Crippen molar-refractivity contribution in [2.75, 3.05) is 21.3 Å². The zero-order valence-electron chi connectivity index (χ0n) is 15.1. The van der Waals surface area contributed by atoms with E-state index in [0.29, 0.717) is 34.5 Å². The third-order valence-electron chi connectivity index (χ3n) is 3.73. The molecule has 8 heteroatoms. The zero-order chi connectivity index (χ0) is 19.2. The number of methoxy groups -OCH3 is 3. The van der Waals surface area contributed by atoms with E-state index >= 15 is 0 Å². The first-order valence-corrected chi connectivity index (χ1v) is 8.00. The number of aromatic nitrogens is 2. The maximum Gasteiger partial charge on any atom is 0.337 e. The van der Waals surface area contributed by atoms with Crippen LogP contribution in [0.25, 0.3) is 11.4 Å². The summed E-state index contributed by atoms with van der Waals surface area (Å²) in [4.78, 5) is 15.9. The van der Waals surface area contributed by atoms with E-state index < -0.39 is 5.97 Å². The van der Waals surface area contributed by atoms with E-state index in [2.05, 4.69) is 14.9 Å². The highest BCUT2D eigenvalue weighted by Gasteiger charge is 2.13. The molecule has 0 saturated carbocycles. The van der Waals surface area contributed by atoms with E-state index in [1.165, 1.54) is 7.11 Å². The molecule has 0 amide bonds. The molecule has 0 aliphatic rings. The average molecular weight is 370 g/mol. The van der Waals surface area contributed by atoms with E-state index in [1.54, 1.807) is 56.7 Å². The standard InChI is InChI=1S/C19H18N2O6/c1-23-15-8-7-12(10-16(15)24-2)18-20-17(27-21-18)11-26-14-6-4-5-13(9-14)19(22)25-3/h4-10H,11H2,1-3H3. The van der Waals surface area contributed by atoms with Crippen molar-refractivity contribution >= 4 is 5.97 Å². The summed E-state index contributed by atoms with van der Waals surface area (Å²) in [5.41, 5.74) is 1.11. The molecule has 140 valence electrons. The van der Waals surface area contributed by atoms with Crippen LogP contribution in [0, 0.1) is 0 Å². The van der Waals surface area contributed by atoms with E-state index in [1.807, 2.05) is 0 Å². The van der Waals surface area contributed by atoms with Crippen LogP contribution in [-0.2, 0) is 11.3 Å². The van der Waals surface area contributed by atoms with Gasteiger partial charge in [0.2, 0.25) is 5.82 Å². The molecule has 0 N–H and O–H groups in total. The van der Waals surface area contributed by atoms with Gasteiger partial charge in [0, 0.05) is 5.56 Å². The molecule has 3 aromatic rings. The Morgan fingerprint density at radius 1 is 1.04 bits per heavy atom. The maximum absolute atomic E-state index is 11.6. The van der Waals surface area contributed by atoms with E-state index in [-0.39, 0.29) is 6.61 Å². The number of nitrogens with zero attached hydrogens (tertiary/aromatic N) is 2. The Kier molecular flexibility index (Phi) is 5.55. The van der Waals surface area contributed by atoms with Crippen molar-refractivity contribution in [1.29, 1.82) is 0 Å². The second-order valence-electron chi connectivity index (χ2n) is 5.39. The summed E-state index contributed by atoms with van der Waals surface area (Å²) in [6, 6.07) is 12.0. The van der Waals surface area contributed by atoms with Gasteiger partial charge in [0.15, 0.2) is 18.1 Å². The molecular formula is C19H18N2O6. The van der Waals surface area contributed by atoms with Gasteiger partial charge in [-0.05, 0) is 36.4 Å². The first-order chi connectivity index (χ1) is 13.1. The van der Waals surface area contributed by atoms with Gasteiger partial charge in [-0.2, -0.15) is 4.98 Å². The molecule has 27 heavy (non-hydrogen) atoms. The Morgan fingerprint density at radius 3 is 2.59 bits per heavy atom. The minimum Gasteiger partial charge on any atom is -0.493 e. The summed E-state index contributed by atoms with van der Waals surface area (Å²) >= 11 is 0. The van der Waals surface area contributed by atoms with Crippen LogP contribution in [0.2, 0.25) is 0 Å². The molecule has 1 aromatic heterocycles. The zero-order valence-corrected chi connectivity index (χ0v) is 15.1. The SMILES string of the molecule is COC(=O)c1cccc(OCc2nc(-c3ccc(OC)c(OC)c3)no2)c1. The number of esters is 1. The molecule has 0 aliphatic heterocycles. The number of rotatable bonds is 7. The van der Waals surface area contributed by atoms with Crippen molar-refractivity contribution in [2.24, 2.45) is 0 Å². The van der Waals surface area contributed by atoms with E-state index in [9.17, 15) is 4.79 Å². The molecular weight excluding hydrogens is 352 g/mol. The van der Waals surface area contributed by atoms with Crippen molar-refractivity contribution in [2.45, 2.75) is 6.61 Å². The lowest BCUT2D eigenvalue weighted by atomic mass is 10.2. The highest BCUT2D eigenvalue weighted by atomic mass is 16.5. The first-order valence-electron chi connectivity index (χ1n) is 8.00. The van der Waals surface area contributed by atoms with Crippen molar-refractivity contribution in [1.82, 2.24) is 10.1 Å². The number of ether oxygens (including phenoxy) is 4. The van der Waals surface area contributed by atoms with Crippen molar-refractivity contribution in [3.05, 3.63) is 53.9 Å². The van der Waals surface area contributed by atoms with Gasteiger partial charge in [0.05, 0.1) is 26.9 Å². The van der Waals surface area contributed by atoms with Crippen molar-refractivity contribution in [3.63, 3.8) is 0 Å². The molecule has 0 aliphatic carbocycles. The van der Waals surface area contributed by atoms with E-state index in [4.69, 9.17) is 18.7 Å². The highest BCUT2D eigenvalue weighted by molar-refractivity contribution is 5.89. The molecule has 0 atom stereocenters. The van der Waals surface area contributed by atoms with Crippen LogP contribution >= 0.6 is 0 Å². The lowest BCUT2D eigenvalue weighted by Gasteiger charge is -2.07. The second kappa shape index (κ2) is 8.22. The summed E-state index contributed by atoms with van der Waals surface area (Å²) in [7, 11) is 4.44. The third-order valence-corrected chi connectivity index (χ3v) is 3.73. The van der Waals surface area contributed by atoms with Gasteiger partial charge in [-0.1, -0.05) is 11.2 Å². The van der Waals surface area contributed by atoms with Crippen LogP contribution in [-0.4, -0.2) is 37.4 Å². The second-order valence-corrected chi connectivity index (χ2v) is 5.39. The fourth-order valence-electron chi connectivity index (χ4n) is 2.38. The first kappa shape index (κ1) is 18.2. The van der Waals surface area contributed by atoms with Gasteiger partial charge in [0.1, 0.15) is 5.75 Å². The Hall–Kier alpha value is -3.55. The molecule has 1 heterocycles. The Morgan fingerprint density at radius 2 is 1.85 bits per heavy atom. The number of hydrogen-bond donors (Lipinski definition) is 0. The number of hydrogen-bond acceptors (Lipinski definition) is 8. The molecule has 8 nitrogen and oxygen atoms in total. The van der Waals surface area contributed by atoms with Crippen molar-refractivity contribution in [3.8, 4) is 28.6 Å². The summed E-state index contributed by atoms with van der Waals surface area (Å²) in [6.45, 7) is 0.0604. The van der Waals surface area contributed by atoms with Crippen LogP contribution in [0.5, 0.6) is 17.2 Å². The fraction of sp³-hybridized carbons (Fsp3) is 0.211. The summed E-state index contributed by atoms with van der Waals surface area (Å²) < 4.78 is 26.0. The molecule has 0 radical (unpaired) electrons. The largest absolute Gasteiger partial charge is 0.493 e. The fourth-order valence-corrected chi connectivity index (χ4v) is 2.38. The minimum atomic E-state index is -0.436. The maximum atomic E-state index is 11.6. The molecule has 0 saturated heterocycles. The Bertz CT molecular complexity index is 937. The van der Waals surface area contributed by atoms with Gasteiger partial charge in [0.25, 0.3) is 5.89 Å². The van der Waals surface area contributed by atoms with Gasteiger partial charge >= 0.3 is 5.97 Å². The van der Waals surface area contributed by atoms with Crippen molar-refractivity contribution < 1.29 is 28.3 Å². The average Bonchev–Trinajstić information content (AvgIpc) is 3.20. The molecule has 0 bridgehead atoms. The predicted octanol–water partition coefficient (Wildman–Crippen LogP) is 3.12. The highest BCUT2D eigenvalue weighted by Crippen LogP contribution is 2.31. The lowest BCUT2D eigenvalue weighted by Crippen LogP contribution is -2.02. The number of carbonyl (C=O) groups excluding carboxylic acids is 1. The third kappa shape index (κ3) is 4.17. The summed E-state index contributed by atoms with van der Waals surface area (Å²) in [5, 5.41) is 3.95. The molecule has 0 fully saturated rings. The molecule has 2 aromatic carbocycles. The van der Waals surface area contributed by atoms with Gasteiger partial charge in [-0.3, -0.25) is 0 Å². The van der Waals surface area contributed by atoms with Crippen LogP contribution in [0.1, 0.15) is 16.2 Å². The Labute approximate surface area is 155 Å². The van der Waals surface area contributed by atoms with Crippen LogP contribution < -0.4 is 14.2 Å². The van der Waals surface area contributed by atoms with Gasteiger partial charge in [-0.15, -0.1) is 0 Å². The normalized spacial score (nSPS) is 10.3. The van der Waals surface area contributed by atoms with Crippen LogP contribution in [0.15, 0.2) is 47.0 Å².